The van der Waals surface area contributed by atoms with Gasteiger partial charge in [0.05, 0.1) is 0 Å². The molecule has 1 aliphatic carbocycles. The zero-order chi connectivity index (χ0) is 36.7. The van der Waals surface area contributed by atoms with Crippen molar-refractivity contribution >= 4 is 53.9 Å². The highest BCUT2D eigenvalue weighted by Gasteiger charge is 2.26. The molecule has 0 heteroatoms. The Bertz CT molecular complexity index is 3290. The largest absolute Gasteiger partial charge is 0.0622 e. The quantitative estimate of drug-likeness (QED) is 0.127. The monoisotopic (exact) mass is 706 g/mol. The lowest BCUT2D eigenvalue weighted by Gasteiger charge is -2.23. The van der Waals surface area contributed by atoms with Crippen LogP contribution in [-0.4, -0.2) is 0 Å². The fourth-order valence-electron chi connectivity index (χ4n) is 9.97. The van der Waals surface area contributed by atoms with Crippen LogP contribution in [0.2, 0.25) is 0 Å². The Labute approximate surface area is 325 Å². The summed E-state index contributed by atoms with van der Waals surface area (Å²) in [4.78, 5) is 0. The number of benzene rings is 11. The van der Waals surface area contributed by atoms with Gasteiger partial charge in [0, 0.05) is 0 Å². The van der Waals surface area contributed by atoms with E-state index in [1.54, 1.807) is 0 Å². The molecule has 0 aromatic heterocycles. The van der Waals surface area contributed by atoms with Crippen molar-refractivity contribution in [3.8, 4) is 66.8 Å². The van der Waals surface area contributed by atoms with Gasteiger partial charge >= 0.3 is 0 Å². The maximum absolute atomic E-state index is 2.39. The van der Waals surface area contributed by atoms with E-state index in [0.717, 1.165) is 0 Å². The molecule has 0 unspecified atom stereocenters. The Balaban J connectivity index is 1.25. The average molecular weight is 707 g/mol. The molecule has 11 aromatic rings. The van der Waals surface area contributed by atoms with Crippen molar-refractivity contribution in [2.24, 2.45) is 0 Å². The van der Waals surface area contributed by atoms with Crippen LogP contribution in [0.3, 0.4) is 0 Å². The predicted molar refractivity (Wildman–Crippen MR) is 240 cm³/mol. The van der Waals surface area contributed by atoms with Gasteiger partial charge < -0.3 is 0 Å². The van der Waals surface area contributed by atoms with E-state index >= 15 is 0 Å². The lowest BCUT2D eigenvalue weighted by atomic mass is 9.79. The molecular weight excluding hydrogens is 673 g/mol. The Morgan fingerprint density at radius 1 is 0.161 bits per heavy atom. The molecule has 0 fully saturated rings. The second-order valence-corrected chi connectivity index (χ2v) is 15.0. The zero-order valence-corrected chi connectivity index (χ0v) is 30.6. The van der Waals surface area contributed by atoms with Gasteiger partial charge in [-0.3, -0.25) is 0 Å². The molecule has 0 saturated heterocycles. The van der Waals surface area contributed by atoms with E-state index in [0.29, 0.717) is 0 Å². The van der Waals surface area contributed by atoms with E-state index in [1.165, 1.54) is 121 Å². The van der Waals surface area contributed by atoms with Crippen LogP contribution in [0.25, 0.3) is 121 Å². The first kappa shape index (κ1) is 31.1. The highest BCUT2D eigenvalue weighted by Crippen LogP contribution is 2.54. The molecule has 11 aromatic carbocycles. The van der Waals surface area contributed by atoms with E-state index in [1.807, 2.05) is 0 Å². The van der Waals surface area contributed by atoms with E-state index in [4.69, 9.17) is 0 Å². The smallest absolute Gasteiger partial charge is 0.000786 e. The van der Waals surface area contributed by atoms with E-state index in [2.05, 4.69) is 206 Å². The van der Waals surface area contributed by atoms with Gasteiger partial charge in [0.25, 0.3) is 0 Å². The van der Waals surface area contributed by atoms with Crippen molar-refractivity contribution in [2.45, 2.75) is 0 Å². The maximum Gasteiger partial charge on any atom is -0.000786 e. The Morgan fingerprint density at radius 3 is 1.04 bits per heavy atom. The number of rotatable bonds is 3. The van der Waals surface area contributed by atoms with Crippen molar-refractivity contribution in [3.05, 3.63) is 206 Å². The van der Waals surface area contributed by atoms with Crippen molar-refractivity contribution < 1.29 is 0 Å². The summed E-state index contributed by atoms with van der Waals surface area (Å²) >= 11 is 0. The molecule has 0 bridgehead atoms. The van der Waals surface area contributed by atoms with Crippen LogP contribution >= 0.6 is 0 Å². The SMILES string of the molecule is c1ccc(-c2c(-c3c4ccccc4c(-c4ccc5c6c(cccc46)-c4ccccc4-c4ccccc4-5)c4ccccc34)c3ccccc3c3ccccc23)cc1. The van der Waals surface area contributed by atoms with Crippen molar-refractivity contribution in [2.75, 3.05) is 0 Å². The summed E-state index contributed by atoms with van der Waals surface area (Å²) in [6, 6.07) is 76.7. The number of hydrogen-bond acceptors (Lipinski definition) is 0. The van der Waals surface area contributed by atoms with Crippen molar-refractivity contribution in [1.82, 2.24) is 0 Å². The summed E-state index contributed by atoms with van der Waals surface area (Å²) in [7, 11) is 0. The molecule has 258 valence electrons. The summed E-state index contributed by atoms with van der Waals surface area (Å²) < 4.78 is 0. The molecule has 0 heterocycles. The fourth-order valence-corrected chi connectivity index (χ4v) is 9.97. The third kappa shape index (κ3) is 4.36. The number of hydrogen-bond donors (Lipinski definition) is 0. The first-order chi connectivity index (χ1) is 27.8. The normalized spacial score (nSPS) is 11.9. The highest BCUT2D eigenvalue weighted by atomic mass is 14.3. The number of fused-ring (bicyclic) bond motifs is 10. The van der Waals surface area contributed by atoms with Gasteiger partial charge in [0.1, 0.15) is 0 Å². The molecule has 0 amide bonds. The Morgan fingerprint density at radius 2 is 0.500 bits per heavy atom. The second-order valence-electron chi connectivity index (χ2n) is 15.0. The Kier molecular flexibility index (Phi) is 6.73. The summed E-state index contributed by atoms with van der Waals surface area (Å²) in [5.41, 5.74) is 15.3. The van der Waals surface area contributed by atoms with Gasteiger partial charge in [-0.1, -0.05) is 206 Å². The first-order valence-corrected chi connectivity index (χ1v) is 19.5. The minimum atomic E-state index is 1.22. The van der Waals surface area contributed by atoms with E-state index in [-0.39, 0.29) is 0 Å². The fraction of sp³-hybridized carbons (Fsp3) is 0. The third-order valence-corrected chi connectivity index (χ3v) is 12.2. The predicted octanol–water partition coefficient (Wildman–Crippen LogP) is 15.8. The summed E-state index contributed by atoms with van der Waals surface area (Å²) in [5.74, 6) is 0. The van der Waals surface area contributed by atoms with Gasteiger partial charge in [-0.15, -0.1) is 0 Å². The second kappa shape index (κ2) is 12.1. The topological polar surface area (TPSA) is 0 Å². The molecule has 0 nitrogen and oxygen atoms in total. The molecular formula is C56H34. The van der Waals surface area contributed by atoms with Gasteiger partial charge in [-0.25, -0.2) is 0 Å². The standard InChI is InChI=1S/C56H34/c1-2-17-35(18-3-1)52-42-25-10-8-23-40(42)41-24-9-11-26-44(41)56(52)55-48-29-14-12-27-45(48)54(46-28-13-15-30-49(46)55)51-34-33-50-39-22-7-5-20-37(39)36-19-4-6-21-38(36)43-31-16-32-47(51)53(43)50/h1-34H. The molecule has 0 saturated carbocycles. The van der Waals surface area contributed by atoms with Crippen LogP contribution in [-0.2, 0) is 0 Å². The lowest BCUT2D eigenvalue weighted by molar-refractivity contribution is 1.62. The van der Waals surface area contributed by atoms with Crippen LogP contribution in [0, 0.1) is 0 Å². The molecule has 0 aliphatic heterocycles. The maximum atomic E-state index is 2.39. The third-order valence-electron chi connectivity index (χ3n) is 12.2. The van der Waals surface area contributed by atoms with Crippen LogP contribution < -0.4 is 0 Å². The van der Waals surface area contributed by atoms with Gasteiger partial charge in [-0.05, 0) is 121 Å². The average Bonchev–Trinajstić information content (AvgIpc) is 3.39. The zero-order valence-electron chi connectivity index (χ0n) is 30.6. The van der Waals surface area contributed by atoms with Gasteiger partial charge in [0.2, 0.25) is 0 Å². The Hall–Kier alpha value is -7.28. The van der Waals surface area contributed by atoms with Gasteiger partial charge in [0.15, 0.2) is 0 Å². The minimum absolute atomic E-state index is 1.22. The van der Waals surface area contributed by atoms with Gasteiger partial charge in [-0.2, -0.15) is 0 Å². The first-order valence-electron chi connectivity index (χ1n) is 19.5. The molecule has 0 atom stereocenters. The van der Waals surface area contributed by atoms with Crippen LogP contribution in [0.1, 0.15) is 0 Å². The van der Waals surface area contributed by atoms with E-state index < -0.39 is 0 Å². The van der Waals surface area contributed by atoms with Crippen LogP contribution in [0.4, 0.5) is 0 Å². The summed E-state index contributed by atoms with van der Waals surface area (Å²) in [6.07, 6.45) is 0. The van der Waals surface area contributed by atoms with Crippen molar-refractivity contribution in [1.29, 1.82) is 0 Å². The molecule has 56 heavy (non-hydrogen) atoms. The lowest BCUT2D eigenvalue weighted by Crippen LogP contribution is -1.96. The molecule has 0 N–H and O–H groups in total. The minimum Gasteiger partial charge on any atom is -0.0622 e. The summed E-state index contributed by atoms with van der Waals surface area (Å²) in [6.45, 7) is 0. The van der Waals surface area contributed by atoms with Crippen LogP contribution in [0.15, 0.2) is 206 Å². The van der Waals surface area contributed by atoms with Crippen molar-refractivity contribution in [3.63, 3.8) is 0 Å². The molecule has 0 radical (unpaired) electrons. The molecule has 0 spiro atoms. The highest BCUT2D eigenvalue weighted by molar-refractivity contribution is 6.31. The summed E-state index contributed by atoms with van der Waals surface area (Å²) in [5, 5.41) is 12.7. The molecule has 12 rings (SSSR count). The van der Waals surface area contributed by atoms with E-state index in [9.17, 15) is 0 Å². The van der Waals surface area contributed by atoms with Crippen LogP contribution in [0.5, 0.6) is 0 Å². The molecule has 1 aliphatic rings.